The monoisotopic (exact) mass is 458 g/mol. The Hall–Kier alpha value is -3.39. The van der Waals surface area contributed by atoms with Gasteiger partial charge in [0.05, 0.1) is 34.7 Å². The van der Waals surface area contributed by atoms with E-state index in [1.807, 2.05) is 20.8 Å². The molecule has 0 bridgehead atoms. The Bertz CT molecular complexity index is 1130. The van der Waals surface area contributed by atoms with E-state index in [9.17, 15) is 18.0 Å². The number of anilines is 1. The summed E-state index contributed by atoms with van der Waals surface area (Å²) >= 11 is 0. The molecule has 0 aliphatic rings. The van der Waals surface area contributed by atoms with Crippen LogP contribution in [0.2, 0.25) is 0 Å². The van der Waals surface area contributed by atoms with Gasteiger partial charge in [0.25, 0.3) is 5.91 Å². The van der Waals surface area contributed by atoms with Crippen molar-refractivity contribution in [2.75, 3.05) is 5.32 Å². The van der Waals surface area contributed by atoms with Gasteiger partial charge in [-0.3, -0.25) is 9.78 Å². The fourth-order valence-electron chi connectivity index (χ4n) is 3.28. The number of para-hydroxylation sites is 1. The number of amides is 1. The van der Waals surface area contributed by atoms with E-state index in [0.717, 1.165) is 11.8 Å². The number of benzene rings is 2. The summed E-state index contributed by atoms with van der Waals surface area (Å²) in [5.74, 6) is -0.548. The predicted molar refractivity (Wildman–Crippen MR) is 120 cm³/mol. The normalized spacial score (nSPS) is 12.5. The molecule has 0 saturated heterocycles. The predicted octanol–water partition coefficient (Wildman–Crippen LogP) is 6.94. The van der Waals surface area contributed by atoms with Gasteiger partial charge in [0.15, 0.2) is 0 Å². The maximum atomic E-state index is 13.2. The zero-order chi connectivity index (χ0) is 24.2. The van der Waals surface area contributed by atoms with Gasteiger partial charge in [-0.05, 0) is 64.1 Å². The molecule has 1 atom stereocenters. The molecule has 2 aromatic carbocycles. The van der Waals surface area contributed by atoms with E-state index in [4.69, 9.17) is 9.47 Å². The van der Waals surface area contributed by atoms with Crippen molar-refractivity contribution in [2.45, 2.75) is 46.1 Å². The van der Waals surface area contributed by atoms with Gasteiger partial charge in [-0.2, -0.15) is 13.2 Å². The largest absolute Gasteiger partial charge is 0.457 e. The quantitative estimate of drug-likeness (QED) is 0.417. The van der Waals surface area contributed by atoms with E-state index in [0.29, 0.717) is 16.9 Å². The van der Waals surface area contributed by atoms with Crippen LogP contribution in [0.1, 0.15) is 54.2 Å². The Morgan fingerprint density at radius 3 is 2.39 bits per heavy atom. The van der Waals surface area contributed by atoms with Crippen molar-refractivity contribution in [1.82, 2.24) is 4.98 Å². The van der Waals surface area contributed by atoms with Gasteiger partial charge in [-0.1, -0.05) is 18.2 Å². The van der Waals surface area contributed by atoms with E-state index in [1.54, 1.807) is 31.2 Å². The molecule has 1 aromatic heterocycles. The Balaban J connectivity index is 1.75. The van der Waals surface area contributed by atoms with Crippen molar-refractivity contribution in [3.63, 3.8) is 0 Å². The smallest absolute Gasteiger partial charge is 0.419 e. The van der Waals surface area contributed by atoms with Crippen LogP contribution in [0.15, 0.2) is 60.7 Å². The second kappa shape index (κ2) is 10.0. The van der Waals surface area contributed by atoms with Gasteiger partial charge in [0.2, 0.25) is 0 Å². The van der Waals surface area contributed by atoms with Crippen molar-refractivity contribution >= 4 is 11.6 Å². The maximum absolute atomic E-state index is 13.2. The molecule has 3 aromatic rings. The molecule has 1 heterocycles. The molecule has 0 saturated carbocycles. The van der Waals surface area contributed by atoms with Crippen LogP contribution >= 0.6 is 0 Å². The van der Waals surface area contributed by atoms with Crippen LogP contribution in [0.4, 0.5) is 18.9 Å². The third kappa shape index (κ3) is 6.32. The molecule has 174 valence electrons. The van der Waals surface area contributed by atoms with E-state index < -0.39 is 17.6 Å². The molecule has 0 spiro atoms. The number of hydrogen-bond acceptors (Lipinski definition) is 4. The van der Waals surface area contributed by atoms with Crippen molar-refractivity contribution < 1.29 is 27.4 Å². The molecular weight excluding hydrogens is 433 g/mol. The first-order valence-corrected chi connectivity index (χ1v) is 10.4. The number of alkyl halides is 3. The first kappa shape index (κ1) is 24.3. The average molecular weight is 458 g/mol. The molecule has 1 unspecified atom stereocenters. The Labute approximate surface area is 190 Å². The summed E-state index contributed by atoms with van der Waals surface area (Å²) in [6, 6.07) is 14.5. The summed E-state index contributed by atoms with van der Waals surface area (Å²) in [5.41, 5.74) is 1.13. The van der Waals surface area contributed by atoms with Crippen molar-refractivity contribution in [1.29, 1.82) is 0 Å². The summed E-state index contributed by atoms with van der Waals surface area (Å²) in [6.45, 7) is 7.49. The van der Waals surface area contributed by atoms with Gasteiger partial charge >= 0.3 is 6.18 Å². The van der Waals surface area contributed by atoms with Gasteiger partial charge in [0, 0.05) is 11.8 Å². The summed E-state index contributed by atoms with van der Waals surface area (Å²) in [5, 5.41) is 2.74. The van der Waals surface area contributed by atoms with Gasteiger partial charge in [-0.25, -0.2) is 0 Å². The lowest BCUT2D eigenvalue weighted by atomic mass is 10.1. The van der Waals surface area contributed by atoms with Gasteiger partial charge in [-0.15, -0.1) is 0 Å². The number of hydrogen-bond donors (Lipinski definition) is 1. The number of ether oxygens (including phenoxy) is 2. The summed E-state index contributed by atoms with van der Waals surface area (Å²) in [4.78, 5) is 17.3. The van der Waals surface area contributed by atoms with Crippen LogP contribution in [-0.2, 0) is 10.9 Å². The Morgan fingerprint density at radius 1 is 1.00 bits per heavy atom. The third-order valence-electron chi connectivity index (χ3n) is 4.76. The SMILES string of the molecule is Cc1nc(C(C)OC(C)C)ccc1C(=O)Nc1cccc(Oc2ccccc2C(F)(F)F)c1. The van der Waals surface area contributed by atoms with E-state index >= 15 is 0 Å². The van der Waals surface area contributed by atoms with E-state index in [-0.39, 0.29) is 23.7 Å². The number of aryl methyl sites for hydroxylation is 1. The summed E-state index contributed by atoms with van der Waals surface area (Å²) in [6.07, 6.45) is -4.71. The standard InChI is InChI=1S/C25H25F3N2O3/c1-15(2)32-17(4)22-13-12-20(16(3)29-22)24(31)30-18-8-7-9-19(14-18)33-23-11-6-5-10-21(23)25(26,27)28/h5-15,17H,1-4H3,(H,30,31). The topological polar surface area (TPSA) is 60.5 Å². The molecule has 1 N–H and O–H groups in total. The number of halogens is 3. The first-order chi connectivity index (χ1) is 15.5. The minimum Gasteiger partial charge on any atom is -0.457 e. The zero-order valence-corrected chi connectivity index (χ0v) is 18.7. The van der Waals surface area contributed by atoms with Crippen molar-refractivity contribution in [3.05, 3.63) is 83.2 Å². The number of nitrogens with one attached hydrogen (secondary N) is 1. The van der Waals surface area contributed by atoms with Crippen LogP contribution in [-0.4, -0.2) is 17.0 Å². The molecule has 1 amide bonds. The lowest BCUT2D eigenvalue weighted by Crippen LogP contribution is -2.16. The average Bonchev–Trinajstić information content (AvgIpc) is 2.73. The number of rotatable bonds is 7. The highest BCUT2D eigenvalue weighted by atomic mass is 19.4. The van der Waals surface area contributed by atoms with Crippen LogP contribution in [0.25, 0.3) is 0 Å². The fourth-order valence-corrected chi connectivity index (χ4v) is 3.28. The molecule has 3 rings (SSSR count). The molecule has 0 radical (unpaired) electrons. The summed E-state index contributed by atoms with van der Waals surface area (Å²) in [7, 11) is 0. The molecule has 0 aliphatic heterocycles. The van der Waals surface area contributed by atoms with Crippen molar-refractivity contribution in [3.8, 4) is 11.5 Å². The molecule has 5 nitrogen and oxygen atoms in total. The van der Waals surface area contributed by atoms with Crippen LogP contribution in [0.3, 0.4) is 0 Å². The van der Waals surface area contributed by atoms with E-state index in [1.165, 1.54) is 30.3 Å². The fraction of sp³-hybridized carbons (Fsp3) is 0.280. The summed E-state index contributed by atoms with van der Waals surface area (Å²) < 4.78 is 50.8. The lowest BCUT2D eigenvalue weighted by Gasteiger charge is -2.17. The molecule has 0 fully saturated rings. The first-order valence-electron chi connectivity index (χ1n) is 10.4. The number of aromatic nitrogens is 1. The van der Waals surface area contributed by atoms with Gasteiger partial charge in [0.1, 0.15) is 11.5 Å². The molecule has 8 heteroatoms. The second-order valence-electron chi connectivity index (χ2n) is 7.77. The van der Waals surface area contributed by atoms with Crippen LogP contribution in [0, 0.1) is 6.92 Å². The second-order valence-corrected chi connectivity index (χ2v) is 7.77. The van der Waals surface area contributed by atoms with E-state index in [2.05, 4.69) is 10.3 Å². The highest BCUT2D eigenvalue weighted by Crippen LogP contribution is 2.38. The number of carbonyl (C=O) groups excluding carboxylic acids is 1. The number of pyridine rings is 1. The Morgan fingerprint density at radius 2 is 1.73 bits per heavy atom. The van der Waals surface area contributed by atoms with Crippen LogP contribution in [0.5, 0.6) is 11.5 Å². The third-order valence-corrected chi connectivity index (χ3v) is 4.76. The Kier molecular flexibility index (Phi) is 7.38. The lowest BCUT2D eigenvalue weighted by molar-refractivity contribution is -0.138. The number of carbonyl (C=O) groups is 1. The molecule has 0 aliphatic carbocycles. The number of nitrogens with zero attached hydrogens (tertiary/aromatic N) is 1. The minimum absolute atomic E-state index is 0.0441. The highest BCUT2D eigenvalue weighted by Gasteiger charge is 2.34. The van der Waals surface area contributed by atoms with Gasteiger partial charge < -0.3 is 14.8 Å². The minimum atomic E-state index is -4.54. The molecular formula is C25H25F3N2O3. The van der Waals surface area contributed by atoms with Crippen molar-refractivity contribution in [2.24, 2.45) is 0 Å². The highest BCUT2D eigenvalue weighted by molar-refractivity contribution is 6.05. The molecule has 33 heavy (non-hydrogen) atoms. The maximum Gasteiger partial charge on any atom is 0.419 e. The van der Waals surface area contributed by atoms with Crippen LogP contribution < -0.4 is 10.1 Å². The zero-order valence-electron chi connectivity index (χ0n) is 18.7.